The number of hydrogen-bond donors (Lipinski definition) is 0. The maximum absolute atomic E-state index is 5.50. The minimum atomic E-state index is -0.0478. The highest BCUT2D eigenvalue weighted by molar-refractivity contribution is 6.15. The summed E-state index contributed by atoms with van der Waals surface area (Å²) < 4.78 is 0. The van der Waals surface area contributed by atoms with Gasteiger partial charge in [0.05, 0.1) is 11.7 Å². The first-order valence-electron chi connectivity index (χ1n) is 21.2. The smallest absolute Gasteiger partial charge is 0.137 e. The lowest BCUT2D eigenvalue weighted by Crippen LogP contribution is -2.33. The van der Waals surface area contributed by atoms with Crippen LogP contribution in [-0.2, 0) is 0 Å². The molecule has 0 N–H and O–H groups in total. The first-order chi connectivity index (χ1) is 30.0. The van der Waals surface area contributed by atoms with E-state index in [9.17, 15) is 0 Å². The summed E-state index contributed by atoms with van der Waals surface area (Å²) in [4.78, 5) is 7.85. The number of benzene rings is 10. The Morgan fingerprint density at radius 3 is 1.49 bits per heavy atom. The Bertz CT molecular complexity index is 3410. The van der Waals surface area contributed by atoms with Gasteiger partial charge in [-0.15, -0.1) is 0 Å². The van der Waals surface area contributed by atoms with Crippen molar-refractivity contribution in [3.63, 3.8) is 0 Å². The SMILES string of the molecule is Cc1cc(C2=NC(c3cccc(-c4ccccc4)c3)=CC(c3ccc(-c4cc5ccccc5c5ccccc45)c(C)c3)N2C)ccc1-c1cc2ccccc2c2ccccc12. The highest BCUT2D eigenvalue weighted by Crippen LogP contribution is 2.41. The molecule has 1 heterocycles. The minimum absolute atomic E-state index is 0.0478. The number of aliphatic imine (C=N–C) groups is 1. The van der Waals surface area contributed by atoms with Gasteiger partial charge in [0, 0.05) is 18.2 Å². The molecule has 0 bridgehead atoms. The third kappa shape index (κ3) is 6.40. The summed E-state index contributed by atoms with van der Waals surface area (Å²) in [6.45, 7) is 4.50. The van der Waals surface area contributed by atoms with E-state index in [1.165, 1.54) is 93.2 Å². The van der Waals surface area contributed by atoms with Gasteiger partial charge in [-0.25, -0.2) is 4.99 Å². The maximum atomic E-state index is 5.50. The van der Waals surface area contributed by atoms with Crippen LogP contribution < -0.4 is 0 Å². The fourth-order valence-electron chi connectivity index (χ4n) is 9.69. The number of nitrogens with zero attached hydrogens (tertiary/aromatic N) is 2. The molecule has 0 aliphatic carbocycles. The number of hydrogen-bond acceptors (Lipinski definition) is 2. The van der Waals surface area contributed by atoms with Gasteiger partial charge in [-0.3, -0.25) is 0 Å². The molecule has 10 aromatic rings. The Kier molecular flexibility index (Phi) is 8.94. The van der Waals surface area contributed by atoms with E-state index in [1.807, 2.05) is 0 Å². The predicted octanol–water partition coefficient (Wildman–Crippen LogP) is 15.4. The standard InChI is InChI=1S/C59H44N2/c1-38-32-45(28-30-47(38)55-35-42-18-7-9-22-49(42)51-24-11-13-26-53(51)55)58-37-57(44-21-15-20-41(34-44)40-16-5-4-6-17-40)60-59(61(58)3)46-29-31-48(39(2)33-46)56-36-43-19-8-10-23-50(43)52-25-12-14-27-54(52)56/h4-37,58H,1-3H3. The number of rotatable bonds is 6. The molecule has 0 radical (unpaired) electrons. The molecule has 0 amide bonds. The van der Waals surface area contributed by atoms with Crippen LogP contribution in [0, 0.1) is 13.8 Å². The normalized spacial score (nSPS) is 14.1. The molecule has 2 heteroatoms. The summed E-state index contributed by atoms with van der Waals surface area (Å²) in [5.41, 5.74) is 14.2. The quantitative estimate of drug-likeness (QED) is 0.153. The van der Waals surface area contributed by atoms with E-state index >= 15 is 0 Å². The van der Waals surface area contributed by atoms with Gasteiger partial charge >= 0.3 is 0 Å². The largest absolute Gasteiger partial charge is 0.349 e. The summed E-state index contributed by atoms with van der Waals surface area (Å²) in [5.74, 6) is 0.952. The molecule has 0 saturated heterocycles. The molecule has 0 aromatic heterocycles. The zero-order valence-electron chi connectivity index (χ0n) is 34.6. The Hall–Kier alpha value is -7.55. The van der Waals surface area contributed by atoms with Crippen LogP contribution in [0.3, 0.4) is 0 Å². The zero-order valence-corrected chi connectivity index (χ0v) is 34.6. The van der Waals surface area contributed by atoms with Crippen molar-refractivity contribution in [3.8, 4) is 33.4 Å². The molecule has 1 atom stereocenters. The molecule has 0 saturated carbocycles. The van der Waals surface area contributed by atoms with Gasteiger partial charge in [0.25, 0.3) is 0 Å². The monoisotopic (exact) mass is 780 g/mol. The summed E-state index contributed by atoms with van der Waals surface area (Å²) in [6.07, 6.45) is 2.34. The molecule has 61 heavy (non-hydrogen) atoms. The summed E-state index contributed by atoms with van der Waals surface area (Å²) >= 11 is 0. The molecule has 1 unspecified atom stereocenters. The van der Waals surface area contributed by atoms with Gasteiger partial charge in [-0.2, -0.15) is 0 Å². The lowest BCUT2D eigenvalue weighted by atomic mass is 9.89. The molecular formula is C59H44N2. The van der Waals surface area contributed by atoms with Crippen molar-refractivity contribution >= 4 is 54.6 Å². The molecular weight excluding hydrogens is 737 g/mol. The fourth-order valence-corrected chi connectivity index (χ4v) is 9.69. The van der Waals surface area contributed by atoms with Crippen LogP contribution >= 0.6 is 0 Å². The predicted molar refractivity (Wildman–Crippen MR) is 260 cm³/mol. The van der Waals surface area contributed by atoms with E-state index in [1.54, 1.807) is 0 Å². The molecule has 0 spiro atoms. The molecule has 10 aromatic carbocycles. The third-order valence-corrected chi connectivity index (χ3v) is 12.8. The molecule has 1 aliphatic heterocycles. The Morgan fingerprint density at radius 1 is 0.377 bits per heavy atom. The molecule has 0 fully saturated rings. The van der Waals surface area contributed by atoms with E-state index in [-0.39, 0.29) is 6.04 Å². The van der Waals surface area contributed by atoms with E-state index in [0.717, 1.165) is 22.7 Å². The second-order valence-corrected chi connectivity index (χ2v) is 16.5. The second-order valence-electron chi connectivity index (χ2n) is 16.5. The van der Waals surface area contributed by atoms with Crippen molar-refractivity contribution in [3.05, 3.63) is 234 Å². The van der Waals surface area contributed by atoms with Crippen LogP contribution in [0.25, 0.3) is 82.2 Å². The lowest BCUT2D eigenvalue weighted by molar-refractivity contribution is 0.435. The topological polar surface area (TPSA) is 15.6 Å². The van der Waals surface area contributed by atoms with Crippen LogP contribution in [-0.4, -0.2) is 17.8 Å². The lowest BCUT2D eigenvalue weighted by Gasteiger charge is -2.34. The van der Waals surface area contributed by atoms with Crippen molar-refractivity contribution in [1.82, 2.24) is 4.90 Å². The van der Waals surface area contributed by atoms with Crippen molar-refractivity contribution in [2.75, 3.05) is 7.05 Å². The third-order valence-electron chi connectivity index (χ3n) is 12.8. The van der Waals surface area contributed by atoms with Crippen molar-refractivity contribution < 1.29 is 0 Å². The zero-order chi connectivity index (χ0) is 41.0. The average molecular weight is 781 g/mol. The Balaban J connectivity index is 1.03. The van der Waals surface area contributed by atoms with Crippen LogP contribution in [0.15, 0.2) is 211 Å². The average Bonchev–Trinajstić information content (AvgIpc) is 3.31. The van der Waals surface area contributed by atoms with Crippen LogP contribution in [0.1, 0.15) is 33.9 Å². The number of aryl methyl sites for hydroxylation is 2. The van der Waals surface area contributed by atoms with Gasteiger partial charge in [-0.05, 0) is 137 Å². The fraction of sp³-hybridized carbons (Fsp3) is 0.0678. The van der Waals surface area contributed by atoms with Crippen molar-refractivity contribution in [2.24, 2.45) is 4.99 Å². The van der Waals surface area contributed by atoms with Gasteiger partial charge in [0.2, 0.25) is 0 Å². The first-order valence-corrected chi connectivity index (χ1v) is 21.2. The number of fused-ring (bicyclic) bond motifs is 6. The highest BCUT2D eigenvalue weighted by atomic mass is 15.2. The highest BCUT2D eigenvalue weighted by Gasteiger charge is 2.27. The van der Waals surface area contributed by atoms with Gasteiger partial charge < -0.3 is 4.90 Å². The van der Waals surface area contributed by atoms with E-state index in [4.69, 9.17) is 4.99 Å². The number of amidine groups is 1. The van der Waals surface area contributed by atoms with Crippen LogP contribution in [0.2, 0.25) is 0 Å². The number of likely N-dealkylation sites (N-methyl/N-ethyl adjacent to an activating group) is 1. The first kappa shape index (κ1) is 36.5. The summed E-state index contributed by atoms with van der Waals surface area (Å²) in [7, 11) is 2.19. The van der Waals surface area contributed by atoms with Crippen LogP contribution in [0.4, 0.5) is 0 Å². The van der Waals surface area contributed by atoms with Gasteiger partial charge in [-0.1, -0.05) is 176 Å². The summed E-state index contributed by atoms with van der Waals surface area (Å²) in [5, 5.41) is 10.2. The summed E-state index contributed by atoms with van der Waals surface area (Å²) in [6, 6.07) is 73.1. The van der Waals surface area contributed by atoms with Gasteiger partial charge in [0.1, 0.15) is 5.84 Å². The van der Waals surface area contributed by atoms with Crippen molar-refractivity contribution in [2.45, 2.75) is 19.9 Å². The minimum Gasteiger partial charge on any atom is -0.349 e. The molecule has 2 nitrogen and oxygen atoms in total. The van der Waals surface area contributed by atoms with E-state index < -0.39 is 0 Å². The molecule has 11 rings (SSSR count). The van der Waals surface area contributed by atoms with Crippen molar-refractivity contribution in [1.29, 1.82) is 0 Å². The van der Waals surface area contributed by atoms with Crippen LogP contribution in [0.5, 0.6) is 0 Å². The Morgan fingerprint density at radius 2 is 0.885 bits per heavy atom. The molecule has 290 valence electrons. The van der Waals surface area contributed by atoms with Gasteiger partial charge in [0.15, 0.2) is 0 Å². The second kappa shape index (κ2) is 14.9. The maximum Gasteiger partial charge on any atom is 0.137 e. The van der Waals surface area contributed by atoms with E-state index in [2.05, 4.69) is 232 Å². The Labute approximate surface area is 357 Å². The molecule has 1 aliphatic rings. The van der Waals surface area contributed by atoms with E-state index in [0.29, 0.717) is 0 Å².